The molecule has 0 aliphatic carbocycles. The molecule has 0 aliphatic rings. The molecular weight excluding hydrogens is 282 g/mol. The third-order valence-electron chi connectivity index (χ3n) is 2.72. The summed E-state index contributed by atoms with van der Waals surface area (Å²) >= 11 is 0. The first-order valence-corrected chi connectivity index (χ1v) is 7.59. The second kappa shape index (κ2) is 6.98. The summed E-state index contributed by atoms with van der Waals surface area (Å²) in [5, 5.41) is 19.0. The number of hydrogen-bond acceptors (Lipinski definition) is 5. The van der Waals surface area contributed by atoms with Gasteiger partial charge in [-0.25, -0.2) is 12.7 Å². The first-order valence-electron chi connectivity index (χ1n) is 5.98. The Kier molecular flexibility index (Phi) is 5.61. The van der Waals surface area contributed by atoms with Gasteiger partial charge in [0.15, 0.2) is 0 Å². The predicted octanol–water partition coefficient (Wildman–Crippen LogP) is 1.66. The first-order chi connectivity index (χ1) is 9.40. The molecule has 108 valence electrons. The Morgan fingerprint density at radius 1 is 1.35 bits per heavy atom. The maximum Gasteiger partial charge on any atom is 0.269 e. The topological polar surface area (TPSA) is 104 Å². The van der Waals surface area contributed by atoms with Crippen molar-refractivity contribution in [1.29, 1.82) is 5.26 Å². The van der Waals surface area contributed by atoms with Crippen LogP contribution in [0.2, 0.25) is 0 Å². The molecule has 8 heteroatoms. The number of non-ortho nitro benzene ring substituents is 1. The third kappa shape index (κ3) is 4.29. The number of benzene rings is 1. The Bertz CT molecular complexity index is 605. The summed E-state index contributed by atoms with van der Waals surface area (Å²) in [5.74, 6) is -0.232. The summed E-state index contributed by atoms with van der Waals surface area (Å²) in [6.45, 7) is 2.14. The van der Waals surface area contributed by atoms with Gasteiger partial charge in [-0.2, -0.15) is 5.26 Å². The van der Waals surface area contributed by atoms with Crippen LogP contribution in [0.4, 0.5) is 5.69 Å². The molecule has 0 saturated carbocycles. The summed E-state index contributed by atoms with van der Waals surface area (Å²) in [7, 11) is -3.52. The monoisotopic (exact) mass is 297 g/mol. The van der Waals surface area contributed by atoms with Gasteiger partial charge in [0, 0.05) is 31.6 Å². The van der Waals surface area contributed by atoms with Crippen LogP contribution in [0.3, 0.4) is 0 Å². The highest BCUT2D eigenvalue weighted by atomic mass is 32.2. The molecule has 7 nitrogen and oxygen atoms in total. The van der Waals surface area contributed by atoms with Crippen LogP contribution in [0.15, 0.2) is 24.3 Å². The molecule has 0 heterocycles. The van der Waals surface area contributed by atoms with Crippen LogP contribution in [0.5, 0.6) is 0 Å². The van der Waals surface area contributed by atoms with Crippen molar-refractivity contribution in [2.45, 2.75) is 19.1 Å². The summed E-state index contributed by atoms with van der Waals surface area (Å²) in [4.78, 5) is 9.98. The lowest BCUT2D eigenvalue weighted by molar-refractivity contribution is -0.384. The SMILES string of the molecule is CCN(CCC#N)S(=O)(=O)Cc1ccc([N+](=O)[O-])cc1. The Labute approximate surface area is 117 Å². The van der Waals surface area contributed by atoms with Crippen LogP contribution in [0.1, 0.15) is 18.9 Å². The number of rotatable bonds is 7. The minimum absolute atomic E-state index is 0.0806. The van der Waals surface area contributed by atoms with E-state index in [1.807, 2.05) is 6.07 Å². The minimum Gasteiger partial charge on any atom is -0.258 e. The highest BCUT2D eigenvalue weighted by Crippen LogP contribution is 2.16. The average Bonchev–Trinajstić information content (AvgIpc) is 2.39. The fourth-order valence-electron chi connectivity index (χ4n) is 1.68. The summed E-state index contributed by atoms with van der Waals surface area (Å²) in [5.41, 5.74) is 0.397. The van der Waals surface area contributed by atoms with E-state index in [0.717, 1.165) is 0 Å². The molecule has 1 aromatic rings. The van der Waals surface area contributed by atoms with Gasteiger partial charge in [-0.15, -0.1) is 0 Å². The van der Waals surface area contributed by atoms with Gasteiger partial charge in [-0.05, 0) is 5.56 Å². The average molecular weight is 297 g/mol. The molecule has 0 bridgehead atoms. The van der Waals surface area contributed by atoms with E-state index in [-0.39, 0.29) is 31.0 Å². The number of nitro benzene ring substituents is 1. The maximum atomic E-state index is 12.1. The zero-order valence-electron chi connectivity index (χ0n) is 11.0. The standard InChI is InChI=1S/C12H15N3O4S/c1-2-14(9-3-8-13)20(18,19)10-11-4-6-12(7-5-11)15(16)17/h4-7H,2-3,9-10H2,1H3. The molecule has 0 saturated heterocycles. The second-order valence-corrected chi connectivity index (χ2v) is 6.05. The Balaban J connectivity index is 2.84. The summed E-state index contributed by atoms with van der Waals surface area (Å²) < 4.78 is 25.5. The Morgan fingerprint density at radius 3 is 2.40 bits per heavy atom. The number of hydrogen-bond donors (Lipinski definition) is 0. The smallest absolute Gasteiger partial charge is 0.258 e. The fourth-order valence-corrected chi connectivity index (χ4v) is 3.24. The van der Waals surface area contributed by atoms with Crippen LogP contribution in [0, 0.1) is 21.4 Å². The van der Waals surface area contributed by atoms with Crippen molar-refractivity contribution in [3.63, 3.8) is 0 Å². The van der Waals surface area contributed by atoms with E-state index >= 15 is 0 Å². The van der Waals surface area contributed by atoms with E-state index in [1.165, 1.54) is 28.6 Å². The molecule has 0 aromatic heterocycles. The highest BCUT2D eigenvalue weighted by molar-refractivity contribution is 7.88. The van der Waals surface area contributed by atoms with E-state index in [0.29, 0.717) is 5.56 Å². The molecule has 1 aromatic carbocycles. The summed E-state index contributed by atoms with van der Waals surface area (Å²) in [6.07, 6.45) is 0.132. The second-order valence-electron chi connectivity index (χ2n) is 4.08. The van der Waals surface area contributed by atoms with Crippen LogP contribution in [-0.4, -0.2) is 30.7 Å². The van der Waals surface area contributed by atoms with Gasteiger partial charge < -0.3 is 0 Å². The minimum atomic E-state index is -3.52. The van der Waals surface area contributed by atoms with E-state index in [2.05, 4.69) is 0 Å². The van der Waals surface area contributed by atoms with Crippen LogP contribution in [0.25, 0.3) is 0 Å². The van der Waals surface area contributed by atoms with E-state index in [1.54, 1.807) is 6.92 Å². The lowest BCUT2D eigenvalue weighted by Gasteiger charge is -2.19. The van der Waals surface area contributed by atoms with Crippen molar-refractivity contribution in [2.75, 3.05) is 13.1 Å². The summed E-state index contributed by atoms with van der Waals surface area (Å²) in [6, 6.07) is 7.30. The number of nitro groups is 1. The molecule has 0 fully saturated rings. The molecule has 20 heavy (non-hydrogen) atoms. The van der Waals surface area contributed by atoms with Crippen molar-refractivity contribution in [3.05, 3.63) is 39.9 Å². The zero-order valence-corrected chi connectivity index (χ0v) is 11.8. The van der Waals surface area contributed by atoms with Crippen molar-refractivity contribution in [2.24, 2.45) is 0 Å². The molecular formula is C12H15N3O4S. The van der Waals surface area contributed by atoms with E-state index in [4.69, 9.17) is 5.26 Å². The molecule has 0 unspecified atom stereocenters. The largest absolute Gasteiger partial charge is 0.269 e. The van der Waals surface area contributed by atoms with Crippen molar-refractivity contribution < 1.29 is 13.3 Å². The van der Waals surface area contributed by atoms with Gasteiger partial charge in [0.1, 0.15) is 0 Å². The number of nitrogens with zero attached hydrogens (tertiary/aromatic N) is 3. The Hall–Kier alpha value is -1.98. The van der Waals surface area contributed by atoms with Gasteiger partial charge >= 0.3 is 0 Å². The van der Waals surface area contributed by atoms with Crippen molar-refractivity contribution in [1.82, 2.24) is 4.31 Å². The van der Waals surface area contributed by atoms with Crippen LogP contribution < -0.4 is 0 Å². The fraction of sp³-hybridized carbons (Fsp3) is 0.417. The quantitative estimate of drug-likeness (QED) is 0.562. The van der Waals surface area contributed by atoms with Gasteiger partial charge in [-0.1, -0.05) is 19.1 Å². The van der Waals surface area contributed by atoms with Crippen LogP contribution in [-0.2, 0) is 15.8 Å². The Morgan fingerprint density at radius 2 is 1.95 bits per heavy atom. The van der Waals surface area contributed by atoms with Crippen molar-refractivity contribution >= 4 is 15.7 Å². The van der Waals surface area contributed by atoms with Gasteiger partial charge in [0.25, 0.3) is 5.69 Å². The molecule has 0 aliphatic heterocycles. The maximum absolute atomic E-state index is 12.1. The van der Waals surface area contributed by atoms with E-state index < -0.39 is 14.9 Å². The van der Waals surface area contributed by atoms with Crippen LogP contribution >= 0.6 is 0 Å². The van der Waals surface area contributed by atoms with E-state index in [9.17, 15) is 18.5 Å². The number of sulfonamides is 1. The number of nitriles is 1. The zero-order chi connectivity index (χ0) is 15.2. The molecule has 0 spiro atoms. The molecule has 0 N–H and O–H groups in total. The van der Waals surface area contributed by atoms with Gasteiger partial charge in [0.05, 0.1) is 16.7 Å². The van der Waals surface area contributed by atoms with Crippen molar-refractivity contribution in [3.8, 4) is 6.07 Å². The first kappa shape index (κ1) is 16.1. The predicted molar refractivity (Wildman–Crippen MR) is 73.2 cm³/mol. The molecule has 0 amide bonds. The normalized spacial score (nSPS) is 11.2. The molecule has 1 rings (SSSR count). The third-order valence-corrected chi connectivity index (χ3v) is 4.64. The highest BCUT2D eigenvalue weighted by Gasteiger charge is 2.20. The lowest BCUT2D eigenvalue weighted by Crippen LogP contribution is -2.32. The van der Waals surface area contributed by atoms with Gasteiger partial charge in [0.2, 0.25) is 10.0 Å². The van der Waals surface area contributed by atoms with Gasteiger partial charge in [-0.3, -0.25) is 10.1 Å². The molecule has 0 atom stereocenters. The lowest BCUT2D eigenvalue weighted by atomic mass is 10.2. The molecule has 0 radical (unpaired) electrons.